The van der Waals surface area contributed by atoms with Gasteiger partial charge in [-0.25, -0.2) is 13.6 Å². The molecule has 0 saturated heterocycles. The zero-order valence-electron chi connectivity index (χ0n) is 12.7. The number of benzene rings is 2. The van der Waals surface area contributed by atoms with E-state index >= 15 is 0 Å². The smallest absolute Gasteiger partial charge is 0.328 e. The highest BCUT2D eigenvalue weighted by molar-refractivity contribution is 9.10. The molecule has 7 heteroatoms. The van der Waals surface area contributed by atoms with E-state index in [0.717, 1.165) is 28.2 Å². The Balaban J connectivity index is 2.17. The highest BCUT2D eigenvalue weighted by Gasteiger charge is 2.23. The lowest BCUT2D eigenvalue weighted by Gasteiger charge is -2.17. The minimum atomic E-state index is -1.13. The highest BCUT2D eigenvalue weighted by atomic mass is 79.9. The van der Waals surface area contributed by atoms with Crippen LogP contribution in [0.3, 0.4) is 0 Å². The van der Waals surface area contributed by atoms with Crippen LogP contribution in [0.25, 0.3) is 0 Å². The summed E-state index contributed by atoms with van der Waals surface area (Å²) in [5.41, 5.74) is 0.711. The number of halogens is 3. The molecule has 4 nitrogen and oxygen atoms in total. The topological polar surface area (TPSA) is 55.4 Å². The number of carbonyl (C=O) groups is 2. The minimum absolute atomic E-state index is 0.0861. The number of amides is 1. The lowest BCUT2D eigenvalue weighted by Crippen LogP contribution is -2.43. The molecule has 0 fully saturated rings. The van der Waals surface area contributed by atoms with Crippen molar-refractivity contribution in [3.05, 3.63) is 69.7 Å². The number of methoxy groups -OCH3 is 1. The Morgan fingerprint density at radius 3 is 2.54 bits per heavy atom. The van der Waals surface area contributed by atoms with Crippen molar-refractivity contribution >= 4 is 27.8 Å². The van der Waals surface area contributed by atoms with Gasteiger partial charge in [0, 0.05) is 16.5 Å². The van der Waals surface area contributed by atoms with Crippen molar-refractivity contribution in [3.8, 4) is 0 Å². The fraction of sp³-hybridized carbons (Fsp3) is 0.176. The lowest BCUT2D eigenvalue weighted by atomic mass is 10.1. The number of ether oxygens (including phenoxy) is 1. The van der Waals surface area contributed by atoms with Crippen molar-refractivity contribution in [2.24, 2.45) is 0 Å². The molecule has 2 aromatic rings. The summed E-state index contributed by atoms with van der Waals surface area (Å²) in [6.45, 7) is 0. The van der Waals surface area contributed by atoms with Crippen molar-refractivity contribution < 1.29 is 23.1 Å². The van der Waals surface area contributed by atoms with Crippen LogP contribution in [0.2, 0.25) is 0 Å². The largest absolute Gasteiger partial charge is 0.467 e. The molecule has 0 unspecified atom stereocenters. The average molecular weight is 398 g/mol. The van der Waals surface area contributed by atoms with Gasteiger partial charge < -0.3 is 10.1 Å². The number of hydrogen-bond acceptors (Lipinski definition) is 3. The second-order valence-electron chi connectivity index (χ2n) is 5.01. The molecule has 0 spiro atoms. The average Bonchev–Trinajstić information content (AvgIpc) is 2.56. The first-order chi connectivity index (χ1) is 11.4. The summed E-state index contributed by atoms with van der Waals surface area (Å²) in [5.74, 6) is -3.51. The van der Waals surface area contributed by atoms with E-state index in [1.54, 1.807) is 18.2 Å². The molecule has 2 rings (SSSR count). The molecule has 0 saturated carbocycles. The molecular formula is C17H14BrF2NO3. The summed E-state index contributed by atoms with van der Waals surface area (Å²) in [6.07, 6.45) is 0.196. The fourth-order valence-electron chi connectivity index (χ4n) is 2.11. The Morgan fingerprint density at radius 2 is 1.92 bits per heavy atom. The minimum Gasteiger partial charge on any atom is -0.467 e. The third kappa shape index (κ3) is 4.61. The highest BCUT2D eigenvalue weighted by Crippen LogP contribution is 2.14. The Kier molecular flexibility index (Phi) is 6.03. The van der Waals surface area contributed by atoms with Gasteiger partial charge in [-0.15, -0.1) is 0 Å². The third-order valence-electron chi connectivity index (χ3n) is 3.30. The van der Waals surface area contributed by atoms with E-state index in [4.69, 9.17) is 4.74 Å². The maximum Gasteiger partial charge on any atom is 0.328 e. The van der Waals surface area contributed by atoms with Gasteiger partial charge in [0.15, 0.2) is 11.6 Å². The van der Waals surface area contributed by atoms with E-state index in [1.165, 1.54) is 7.11 Å². The van der Waals surface area contributed by atoms with E-state index < -0.39 is 29.6 Å². The van der Waals surface area contributed by atoms with Crippen LogP contribution in [0.15, 0.2) is 46.9 Å². The van der Waals surface area contributed by atoms with E-state index in [-0.39, 0.29) is 12.0 Å². The first-order valence-corrected chi connectivity index (χ1v) is 7.78. The zero-order chi connectivity index (χ0) is 17.7. The molecule has 1 N–H and O–H groups in total. The molecule has 2 aromatic carbocycles. The Labute approximate surface area is 145 Å². The van der Waals surface area contributed by atoms with Gasteiger partial charge in [0.1, 0.15) is 6.04 Å². The molecule has 24 heavy (non-hydrogen) atoms. The van der Waals surface area contributed by atoms with Crippen molar-refractivity contribution in [2.75, 3.05) is 7.11 Å². The second kappa shape index (κ2) is 8.01. The summed E-state index contributed by atoms with van der Waals surface area (Å²) in [4.78, 5) is 24.1. The standard InChI is InChI=1S/C17H14BrF2NO3/c1-24-17(23)15(8-10-3-2-4-12(18)7-10)21-16(22)11-5-6-13(19)14(20)9-11/h2-7,9,15H,8H2,1H3,(H,21,22)/t15-/m1/s1. The second-order valence-corrected chi connectivity index (χ2v) is 5.93. The summed E-state index contributed by atoms with van der Waals surface area (Å²) in [6, 6.07) is 9.04. The third-order valence-corrected chi connectivity index (χ3v) is 3.79. The van der Waals surface area contributed by atoms with Crippen molar-refractivity contribution in [2.45, 2.75) is 12.5 Å². The zero-order valence-corrected chi connectivity index (χ0v) is 14.3. The molecule has 1 amide bonds. The van der Waals surface area contributed by atoms with Gasteiger partial charge >= 0.3 is 5.97 Å². The van der Waals surface area contributed by atoms with E-state index in [9.17, 15) is 18.4 Å². The van der Waals surface area contributed by atoms with E-state index in [2.05, 4.69) is 21.2 Å². The monoisotopic (exact) mass is 397 g/mol. The van der Waals surface area contributed by atoms with Crippen molar-refractivity contribution in [1.29, 1.82) is 0 Å². The van der Waals surface area contributed by atoms with Gasteiger partial charge in [-0.1, -0.05) is 28.1 Å². The molecule has 0 bridgehead atoms. The maximum atomic E-state index is 13.2. The molecule has 126 valence electrons. The SMILES string of the molecule is COC(=O)[C@@H](Cc1cccc(Br)c1)NC(=O)c1ccc(F)c(F)c1. The summed E-state index contributed by atoms with van der Waals surface area (Å²) < 4.78 is 31.7. The molecule has 0 heterocycles. The van der Waals surface area contributed by atoms with Crippen molar-refractivity contribution in [1.82, 2.24) is 5.32 Å². The van der Waals surface area contributed by atoms with Crippen molar-refractivity contribution in [3.63, 3.8) is 0 Å². The first-order valence-electron chi connectivity index (χ1n) is 6.99. The van der Waals surface area contributed by atoms with Gasteiger partial charge in [0.05, 0.1) is 7.11 Å². The van der Waals surface area contributed by atoms with Gasteiger partial charge in [-0.3, -0.25) is 4.79 Å². The van der Waals surface area contributed by atoms with Crippen LogP contribution in [-0.2, 0) is 16.0 Å². The first kappa shape index (κ1) is 18.1. The molecule has 0 aliphatic heterocycles. The number of carbonyl (C=O) groups excluding carboxylic acids is 2. The Hall–Kier alpha value is -2.28. The van der Waals surface area contributed by atoms with Crippen LogP contribution >= 0.6 is 15.9 Å². The maximum absolute atomic E-state index is 13.2. The van der Waals surface area contributed by atoms with Gasteiger partial charge in [-0.2, -0.15) is 0 Å². The van der Waals surface area contributed by atoms with Gasteiger partial charge in [0.2, 0.25) is 0 Å². The number of esters is 1. The van der Waals surface area contributed by atoms with Crippen LogP contribution in [0.1, 0.15) is 15.9 Å². The predicted octanol–water partition coefficient (Wildman–Crippen LogP) is 3.24. The number of rotatable bonds is 5. The van der Waals surface area contributed by atoms with Crippen LogP contribution in [0.4, 0.5) is 8.78 Å². The fourth-order valence-corrected chi connectivity index (χ4v) is 2.56. The van der Waals surface area contributed by atoms with Crippen LogP contribution in [0.5, 0.6) is 0 Å². The van der Waals surface area contributed by atoms with Gasteiger partial charge in [-0.05, 0) is 35.9 Å². The summed E-state index contributed by atoms with van der Waals surface area (Å²) >= 11 is 3.33. The number of hydrogen-bond donors (Lipinski definition) is 1. The van der Waals surface area contributed by atoms with E-state index in [0.29, 0.717) is 0 Å². The van der Waals surface area contributed by atoms with Crippen LogP contribution in [-0.4, -0.2) is 25.0 Å². The van der Waals surface area contributed by atoms with E-state index in [1.807, 2.05) is 6.07 Å². The number of nitrogens with one attached hydrogen (secondary N) is 1. The van der Waals surface area contributed by atoms with Crippen LogP contribution in [0, 0.1) is 11.6 Å². The lowest BCUT2D eigenvalue weighted by molar-refractivity contribution is -0.142. The molecule has 0 aliphatic rings. The normalized spacial score (nSPS) is 11.7. The predicted molar refractivity (Wildman–Crippen MR) is 87.5 cm³/mol. The Bertz CT molecular complexity index is 767. The quantitative estimate of drug-likeness (QED) is 0.787. The van der Waals surface area contributed by atoms with Gasteiger partial charge in [0.25, 0.3) is 5.91 Å². The molecule has 0 aromatic heterocycles. The van der Waals surface area contributed by atoms with Crippen LogP contribution < -0.4 is 5.32 Å². The molecule has 0 radical (unpaired) electrons. The Morgan fingerprint density at radius 1 is 1.17 bits per heavy atom. The molecule has 1 atom stereocenters. The summed E-state index contributed by atoms with van der Waals surface area (Å²) in [7, 11) is 1.21. The summed E-state index contributed by atoms with van der Waals surface area (Å²) in [5, 5.41) is 2.48. The molecular weight excluding hydrogens is 384 g/mol. The molecule has 0 aliphatic carbocycles.